The van der Waals surface area contributed by atoms with Crippen LogP contribution in [0, 0.1) is 0 Å². The van der Waals surface area contributed by atoms with Crippen molar-refractivity contribution in [3.63, 3.8) is 0 Å². The van der Waals surface area contributed by atoms with Gasteiger partial charge in [0.2, 0.25) is 0 Å². The third-order valence-electron chi connectivity index (χ3n) is 1.90. The normalized spacial score (nSPS) is 15.0. The Morgan fingerprint density at radius 1 is 1.57 bits per heavy atom. The molecule has 0 amide bonds. The number of carboxylic acids is 1. The monoisotopic (exact) mass is 222 g/mol. The molecule has 4 nitrogen and oxygen atoms in total. The molecule has 0 aromatic rings. The third-order valence-corrected chi connectivity index (χ3v) is 3.54. The maximum Gasteiger partial charge on any atom is 0.319 e. The smallest absolute Gasteiger partial charge is 0.319 e. The van der Waals surface area contributed by atoms with E-state index in [1.165, 1.54) is 7.11 Å². The van der Waals surface area contributed by atoms with Crippen molar-refractivity contribution < 1.29 is 18.8 Å². The van der Waals surface area contributed by atoms with Crippen LogP contribution in [0.1, 0.15) is 26.2 Å². The molecule has 0 aliphatic rings. The Balaban J connectivity index is 4.05. The van der Waals surface area contributed by atoms with Gasteiger partial charge in [-0.05, 0) is 6.42 Å². The van der Waals surface area contributed by atoms with Gasteiger partial charge in [-0.1, -0.05) is 19.8 Å². The van der Waals surface area contributed by atoms with Crippen molar-refractivity contribution in [2.75, 3.05) is 19.5 Å². The summed E-state index contributed by atoms with van der Waals surface area (Å²) in [6.45, 7) is 2.33. The molecule has 0 fully saturated rings. The molecule has 0 aliphatic carbocycles. The van der Waals surface area contributed by atoms with Crippen LogP contribution in [-0.4, -0.2) is 40.0 Å². The van der Waals surface area contributed by atoms with E-state index < -0.39 is 22.0 Å². The Morgan fingerprint density at radius 3 is 2.64 bits per heavy atom. The molecule has 2 atom stereocenters. The first-order chi connectivity index (χ1) is 6.63. The SMILES string of the molecule is CCCCC(C(=O)O)S(=O)CCOC. The predicted octanol–water partition coefficient (Wildman–Crippen LogP) is 1.02. The average Bonchev–Trinajstić information content (AvgIpc) is 2.14. The van der Waals surface area contributed by atoms with Crippen LogP contribution in [0.4, 0.5) is 0 Å². The Labute approximate surface area is 87.1 Å². The summed E-state index contributed by atoms with van der Waals surface area (Å²) in [5.74, 6) is -0.662. The molecule has 5 heteroatoms. The second kappa shape index (κ2) is 7.94. The fraction of sp³-hybridized carbons (Fsp3) is 0.889. The number of unbranched alkanes of at least 4 members (excludes halogenated alkanes) is 1. The van der Waals surface area contributed by atoms with Crippen LogP contribution in [0.3, 0.4) is 0 Å². The van der Waals surface area contributed by atoms with Crippen LogP contribution in [0.25, 0.3) is 0 Å². The molecule has 2 unspecified atom stereocenters. The maximum atomic E-state index is 11.5. The van der Waals surface area contributed by atoms with Gasteiger partial charge in [0.05, 0.1) is 6.61 Å². The van der Waals surface area contributed by atoms with Crippen molar-refractivity contribution in [1.29, 1.82) is 0 Å². The van der Waals surface area contributed by atoms with Crippen molar-refractivity contribution in [2.45, 2.75) is 31.4 Å². The first kappa shape index (κ1) is 13.6. The molecule has 0 saturated heterocycles. The minimum absolute atomic E-state index is 0.303. The number of carboxylic acid groups (broad SMARTS) is 1. The van der Waals surface area contributed by atoms with Crippen LogP contribution < -0.4 is 0 Å². The molecular formula is C9H18O4S. The zero-order valence-corrected chi connectivity index (χ0v) is 9.51. The molecule has 0 aliphatic heterocycles. The summed E-state index contributed by atoms with van der Waals surface area (Å²) in [7, 11) is 0.199. The average molecular weight is 222 g/mol. The van der Waals surface area contributed by atoms with Gasteiger partial charge in [-0.2, -0.15) is 0 Å². The standard InChI is InChI=1S/C9H18O4S/c1-3-4-5-8(9(10)11)14(12)7-6-13-2/h8H,3-7H2,1-2H3,(H,10,11). The molecule has 0 spiro atoms. The summed E-state index contributed by atoms with van der Waals surface area (Å²) < 4.78 is 16.3. The highest BCUT2D eigenvalue weighted by molar-refractivity contribution is 7.86. The van der Waals surface area contributed by atoms with E-state index in [0.717, 1.165) is 12.8 Å². The molecule has 0 aromatic heterocycles. The Bertz CT molecular complexity index is 193. The van der Waals surface area contributed by atoms with Crippen LogP contribution >= 0.6 is 0 Å². The van der Waals surface area contributed by atoms with Crippen LogP contribution in [-0.2, 0) is 20.3 Å². The summed E-state index contributed by atoms with van der Waals surface area (Å²) >= 11 is 0. The highest BCUT2D eigenvalue weighted by Gasteiger charge is 2.23. The lowest BCUT2D eigenvalue weighted by Gasteiger charge is -2.10. The van der Waals surface area contributed by atoms with Gasteiger partial charge in [0.25, 0.3) is 0 Å². The number of ether oxygens (including phenoxy) is 1. The maximum absolute atomic E-state index is 11.5. The van der Waals surface area contributed by atoms with E-state index in [-0.39, 0.29) is 0 Å². The lowest BCUT2D eigenvalue weighted by molar-refractivity contribution is -0.136. The molecule has 0 rings (SSSR count). The van der Waals surface area contributed by atoms with E-state index in [0.29, 0.717) is 18.8 Å². The lowest BCUT2D eigenvalue weighted by atomic mass is 10.2. The number of hydrogen-bond acceptors (Lipinski definition) is 3. The third kappa shape index (κ3) is 5.34. The van der Waals surface area contributed by atoms with Crippen molar-refractivity contribution >= 4 is 16.8 Å². The number of rotatable bonds is 8. The highest BCUT2D eigenvalue weighted by atomic mass is 32.2. The van der Waals surface area contributed by atoms with E-state index in [4.69, 9.17) is 9.84 Å². The van der Waals surface area contributed by atoms with Crippen LogP contribution in [0.15, 0.2) is 0 Å². The van der Waals surface area contributed by atoms with E-state index in [9.17, 15) is 9.00 Å². The summed E-state index contributed by atoms with van der Waals surface area (Å²) in [4.78, 5) is 10.8. The van der Waals surface area contributed by atoms with Gasteiger partial charge in [0.1, 0.15) is 5.25 Å². The quantitative estimate of drug-likeness (QED) is 0.666. The zero-order valence-electron chi connectivity index (χ0n) is 8.69. The largest absolute Gasteiger partial charge is 0.480 e. The van der Waals surface area contributed by atoms with Crippen molar-refractivity contribution in [3.05, 3.63) is 0 Å². The molecule has 14 heavy (non-hydrogen) atoms. The zero-order chi connectivity index (χ0) is 11.0. The second-order valence-corrected chi connectivity index (χ2v) is 4.79. The van der Waals surface area contributed by atoms with Crippen LogP contribution in [0.5, 0.6) is 0 Å². The number of methoxy groups -OCH3 is 1. The van der Waals surface area contributed by atoms with Crippen molar-refractivity contribution in [3.8, 4) is 0 Å². The minimum Gasteiger partial charge on any atom is -0.480 e. The second-order valence-electron chi connectivity index (χ2n) is 3.05. The molecule has 0 saturated carbocycles. The summed E-state index contributed by atoms with van der Waals surface area (Å²) in [5, 5.41) is 8.10. The molecule has 1 N–H and O–H groups in total. The minimum atomic E-state index is -1.31. The van der Waals surface area contributed by atoms with E-state index in [1.807, 2.05) is 6.92 Å². The molecule has 0 aromatic carbocycles. The van der Waals surface area contributed by atoms with Crippen molar-refractivity contribution in [2.24, 2.45) is 0 Å². The Hall–Kier alpha value is -0.420. The van der Waals surface area contributed by atoms with E-state index in [2.05, 4.69) is 0 Å². The number of carbonyl (C=O) groups is 1. The predicted molar refractivity (Wildman–Crippen MR) is 55.8 cm³/mol. The fourth-order valence-corrected chi connectivity index (χ4v) is 2.33. The van der Waals surface area contributed by atoms with Gasteiger partial charge in [0, 0.05) is 23.7 Å². The van der Waals surface area contributed by atoms with Gasteiger partial charge in [-0.15, -0.1) is 0 Å². The fourth-order valence-electron chi connectivity index (χ4n) is 1.06. The Morgan fingerprint density at radius 2 is 2.21 bits per heavy atom. The molecule has 0 bridgehead atoms. The van der Waals surface area contributed by atoms with E-state index in [1.54, 1.807) is 0 Å². The summed E-state index contributed by atoms with van der Waals surface area (Å²) in [6, 6.07) is 0. The Kier molecular flexibility index (Phi) is 7.70. The summed E-state index contributed by atoms with van der Waals surface area (Å²) in [6.07, 6.45) is 2.21. The summed E-state index contributed by atoms with van der Waals surface area (Å²) in [5.41, 5.74) is 0. The van der Waals surface area contributed by atoms with Crippen LogP contribution in [0.2, 0.25) is 0 Å². The van der Waals surface area contributed by atoms with Gasteiger partial charge in [-0.3, -0.25) is 9.00 Å². The van der Waals surface area contributed by atoms with Gasteiger partial charge < -0.3 is 9.84 Å². The van der Waals surface area contributed by atoms with Gasteiger partial charge in [-0.25, -0.2) is 0 Å². The van der Waals surface area contributed by atoms with E-state index >= 15 is 0 Å². The van der Waals surface area contributed by atoms with Gasteiger partial charge in [0.15, 0.2) is 0 Å². The number of hydrogen-bond donors (Lipinski definition) is 1. The first-order valence-electron chi connectivity index (χ1n) is 4.72. The molecule has 84 valence electrons. The van der Waals surface area contributed by atoms with Crippen molar-refractivity contribution in [1.82, 2.24) is 0 Å². The molecule has 0 radical (unpaired) electrons. The first-order valence-corrected chi connectivity index (χ1v) is 6.10. The lowest BCUT2D eigenvalue weighted by Crippen LogP contribution is -2.28. The molecular weight excluding hydrogens is 204 g/mol. The topological polar surface area (TPSA) is 63.6 Å². The molecule has 0 heterocycles. The highest BCUT2D eigenvalue weighted by Crippen LogP contribution is 2.08. The number of aliphatic carboxylic acids is 1. The van der Waals surface area contributed by atoms with Gasteiger partial charge >= 0.3 is 5.97 Å².